The van der Waals surface area contributed by atoms with E-state index in [1.54, 1.807) is 29.6 Å². The zero-order valence-electron chi connectivity index (χ0n) is 26.3. The molecule has 1 N–H and O–H groups in total. The van der Waals surface area contributed by atoms with Gasteiger partial charge in [-0.15, -0.1) is 22.7 Å². The first-order valence-corrected chi connectivity index (χ1v) is 17.7. The maximum absolute atomic E-state index is 10.3. The molecule has 1 aliphatic rings. The quantitative estimate of drug-likeness (QED) is 0.189. The molecule has 47 heavy (non-hydrogen) atoms. The van der Waals surface area contributed by atoms with Crippen molar-refractivity contribution in [1.29, 1.82) is 10.5 Å². The Hall–Kier alpha value is -4.68. The van der Waals surface area contributed by atoms with Crippen LogP contribution in [0.25, 0.3) is 48.5 Å². The van der Waals surface area contributed by atoms with Crippen LogP contribution in [-0.2, 0) is 6.42 Å². The summed E-state index contributed by atoms with van der Waals surface area (Å²) in [5, 5.41) is 32.1. The van der Waals surface area contributed by atoms with Gasteiger partial charge in [0, 0.05) is 18.0 Å². The molecule has 2 unspecified atom stereocenters. The molecule has 0 amide bonds. The van der Waals surface area contributed by atoms with E-state index in [-0.39, 0.29) is 0 Å². The van der Waals surface area contributed by atoms with Gasteiger partial charge in [0.2, 0.25) is 0 Å². The number of nitriles is 2. The number of nitrogens with zero attached hydrogens (tertiary/aromatic N) is 8. The van der Waals surface area contributed by atoms with E-state index in [1.807, 2.05) is 49.0 Å². The van der Waals surface area contributed by atoms with E-state index in [0.717, 1.165) is 84.8 Å². The van der Waals surface area contributed by atoms with Gasteiger partial charge in [0.15, 0.2) is 5.65 Å². The standard InChI is InChI=1S/C19H22N4OS.C17H12N4S/c1-12(24)19-22-16-11-21-15-7-9-25-18(15)17(16)23(19)14-6-2-4-13(10-14)5-3-8-20;1-11-16(13-4-2-12(3-5-13)6-8-18)21-15(20-11)10-19-14-7-9-22-17(14)21/h7,9,11-14,24H,2-6,10H2,1H3;2-5,7,9-10H,6H2,1H3/t12-,13?,14?;/m1./s1. The Morgan fingerprint density at radius 1 is 0.957 bits per heavy atom. The number of imidazole rings is 2. The van der Waals surface area contributed by atoms with Gasteiger partial charge in [-0.1, -0.05) is 37.1 Å². The van der Waals surface area contributed by atoms with E-state index in [1.165, 1.54) is 12.8 Å². The summed E-state index contributed by atoms with van der Waals surface area (Å²) in [6.45, 7) is 3.80. The molecule has 0 bridgehead atoms. The van der Waals surface area contributed by atoms with Crippen molar-refractivity contribution < 1.29 is 5.11 Å². The van der Waals surface area contributed by atoms with Crippen LogP contribution in [0.4, 0.5) is 0 Å². The minimum absolute atomic E-state index is 0.333. The third-order valence-electron chi connectivity index (χ3n) is 9.04. The van der Waals surface area contributed by atoms with Gasteiger partial charge in [-0.25, -0.2) is 15.0 Å². The van der Waals surface area contributed by atoms with Gasteiger partial charge in [-0.2, -0.15) is 10.5 Å². The molecule has 236 valence electrons. The molecule has 0 aliphatic heterocycles. The minimum Gasteiger partial charge on any atom is -0.385 e. The molecule has 0 spiro atoms. The molecule has 1 saturated carbocycles. The Morgan fingerprint density at radius 3 is 2.53 bits per heavy atom. The number of hydrogen-bond acceptors (Lipinski definition) is 9. The first kappa shape index (κ1) is 30.9. The summed E-state index contributed by atoms with van der Waals surface area (Å²) in [5.74, 6) is 1.32. The van der Waals surface area contributed by atoms with Crippen LogP contribution >= 0.6 is 22.7 Å². The highest BCUT2D eigenvalue weighted by atomic mass is 32.1. The number of aryl methyl sites for hydroxylation is 1. The molecule has 1 aliphatic carbocycles. The molecule has 0 radical (unpaired) electrons. The van der Waals surface area contributed by atoms with Crippen molar-refractivity contribution >= 4 is 59.9 Å². The molecule has 9 nitrogen and oxygen atoms in total. The normalized spacial score (nSPS) is 17.0. The smallest absolute Gasteiger partial charge is 0.157 e. The fraction of sp³-hybridized carbons (Fsp3) is 0.333. The van der Waals surface area contributed by atoms with Crippen LogP contribution in [0, 0.1) is 35.5 Å². The zero-order valence-corrected chi connectivity index (χ0v) is 27.9. The summed E-state index contributed by atoms with van der Waals surface area (Å²) in [6.07, 6.45) is 9.59. The second kappa shape index (κ2) is 13.2. The number of aliphatic hydroxyl groups is 1. The van der Waals surface area contributed by atoms with Crippen molar-refractivity contribution in [2.24, 2.45) is 5.92 Å². The molecule has 0 saturated heterocycles. The van der Waals surface area contributed by atoms with E-state index in [4.69, 9.17) is 15.5 Å². The molecule has 6 heterocycles. The molecule has 3 atom stereocenters. The summed E-state index contributed by atoms with van der Waals surface area (Å²) < 4.78 is 5.59. The summed E-state index contributed by atoms with van der Waals surface area (Å²) in [4.78, 5) is 19.4. The van der Waals surface area contributed by atoms with Crippen molar-refractivity contribution in [1.82, 2.24) is 28.9 Å². The lowest BCUT2D eigenvalue weighted by molar-refractivity contribution is 0.173. The van der Waals surface area contributed by atoms with Crippen LogP contribution in [0.2, 0.25) is 0 Å². The predicted molar refractivity (Wildman–Crippen MR) is 187 cm³/mol. The SMILES string of the molecule is C[C@@H](O)c1nc2cnc3ccsc3c2n1C1CCCC(CCC#N)C1.Cc1nc2cnc3ccsc3n2c1-c1ccc(CC#N)cc1. The molecule has 1 aromatic carbocycles. The third-order valence-corrected chi connectivity index (χ3v) is 10.8. The monoisotopic (exact) mass is 658 g/mol. The third kappa shape index (κ3) is 5.87. The van der Waals surface area contributed by atoms with Crippen molar-refractivity contribution in [2.45, 2.75) is 70.9 Å². The number of benzene rings is 1. The Bertz CT molecular complexity index is 2280. The van der Waals surface area contributed by atoms with Crippen LogP contribution in [0.15, 0.2) is 59.6 Å². The van der Waals surface area contributed by atoms with Gasteiger partial charge in [-0.3, -0.25) is 9.38 Å². The summed E-state index contributed by atoms with van der Waals surface area (Å²) >= 11 is 3.35. The first-order chi connectivity index (χ1) is 23.0. The maximum atomic E-state index is 10.3. The van der Waals surface area contributed by atoms with Crippen LogP contribution in [-0.4, -0.2) is 34.0 Å². The second-order valence-corrected chi connectivity index (χ2v) is 14.0. The number of aromatic nitrogens is 6. The number of thiophene rings is 2. The molecule has 8 rings (SSSR count). The van der Waals surface area contributed by atoms with Gasteiger partial charge >= 0.3 is 0 Å². The number of rotatable bonds is 6. The Balaban J connectivity index is 0.000000151. The van der Waals surface area contributed by atoms with E-state index in [2.05, 4.69) is 53.6 Å². The molecule has 11 heteroatoms. The van der Waals surface area contributed by atoms with Crippen molar-refractivity contribution in [3.05, 3.63) is 76.6 Å². The lowest BCUT2D eigenvalue weighted by atomic mass is 9.83. The van der Waals surface area contributed by atoms with Crippen LogP contribution in [0.5, 0.6) is 0 Å². The average Bonchev–Trinajstić information content (AvgIpc) is 3.88. The Kier molecular flexibility index (Phi) is 8.70. The summed E-state index contributed by atoms with van der Waals surface area (Å²) in [6, 6.07) is 17.0. The van der Waals surface area contributed by atoms with Crippen LogP contribution < -0.4 is 0 Å². The Labute approximate surface area is 280 Å². The van der Waals surface area contributed by atoms with E-state index in [9.17, 15) is 5.11 Å². The van der Waals surface area contributed by atoms with Crippen LogP contribution in [0.1, 0.15) is 74.7 Å². The van der Waals surface area contributed by atoms with Gasteiger partial charge in [0.1, 0.15) is 22.3 Å². The molecule has 7 aromatic rings. The number of hydrogen-bond donors (Lipinski definition) is 1. The largest absolute Gasteiger partial charge is 0.385 e. The van der Waals surface area contributed by atoms with E-state index in [0.29, 0.717) is 24.8 Å². The maximum Gasteiger partial charge on any atom is 0.157 e. The molecule has 6 aromatic heterocycles. The highest BCUT2D eigenvalue weighted by Gasteiger charge is 2.29. The van der Waals surface area contributed by atoms with Gasteiger partial charge in [0.25, 0.3) is 0 Å². The highest BCUT2D eigenvalue weighted by molar-refractivity contribution is 7.18. The molecule has 1 fully saturated rings. The minimum atomic E-state index is -0.609. The van der Waals surface area contributed by atoms with E-state index < -0.39 is 6.10 Å². The molecular formula is C36H34N8OS2. The number of fused-ring (bicyclic) bond motifs is 6. The second-order valence-electron chi connectivity index (χ2n) is 12.2. The van der Waals surface area contributed by atoms with Crippen LogP contribution in [0.3, 0.4) is 0 Å². The predicted octanol–water partition coefficient (Wildman–Crippen LogP) is 8.72. The zero-order chi connectivity index (χ0) is 32.5. The van der Waals surface area contributed by atoms with Crippen molar-refractivity contribution in [3.8, 4) is 23.4 Å². The van der Waals surface area contributed by atoms with Crippen molar-refractivity contribution in [2.75, 3.05) is 0 Å². The summed E-state index contributed by atoms with van der Waals surface area (Å²) in [5.41, 5.74) is 9.03. The highest BCUT2D eigenvalue weighted by Crippen LogP contribution is 2.40. The number of pyridine rings is 1. The fourth-order valence-corrected chi connectivity index (χ4v) is 8.68. The fourth-order valence-electron chi connectivity index (χ4n) is 6.93. The van der Waals surface area contributed by atoms with E-state index >= 15 is 0 Å². The average molecular weight is 659 g/mol. The van der Waals surface area contributed by atoms with Crippen molar-refractivity contribution in [3.63, 3.8) is 0 Å². The number of aliphatic hydroxyl groups excluding tert-OH is 1. The lowest BCUT2D eigenvalue weighted by Crippen LogP contribution is -2.21. The molecular weight excluding hydrogens is 625 g/mol. The topological polar surface area (TPSA) is 129 Å². The van der Waals surface area contributed by atoms with Gasteiger partial charge in [-0.05, 0) is 67.5 Å². The lowest BCUT2D eigenvalue weighted by Gasteiger charge is -2.31. The first-order valence-electron chi connectivity index (χ1n) is 15.9. The Morgan fingerprint density at radius 2 is 1.74 bits per heavy atom. The van der Waals surface area contributed by atoms with Gasteiger partial charge in [0.05, 0.1) is 63.6 Å². The van der Waals surface area contributed by atoms with Gasteiger partial charge < -0.3 is 9.67 Å². The summed E-state index contributed by atoms with van der Waals surface area (Å²) in [7, 11) is 0.